The van der Waals surface area contributed by atoms with Gasteiger partial charge in [0.05, 0.1) is 18.7 Å². The highest BCUT2D eigenvalue weighted by Gasteiger charge is 2.17. The molecule has 1 aromatic carbocycles. The molecule has 1 aliphatic heterocycles. The summed E-state index contributed by atoms with van der Waals surface area (Å²) in [5.74, 6) is -0.162. The van der Waals surface area contributed by atoms with Gasteiger partial charge >= 0.3 is 0 Å². The molecule has 1 saturated heterocycles. The zero-order valence-electron chi connectivity index (χ0n) is 10.5. The third kappa shape index (κ3) is 2.59. The molecule has 6 nitrogen and oxygen atoms in total. The zero-order chi connectivity index (χ0) is 13.1. The van der Waals surface area contributed by atoms with Gasteiger partial charge in [0.25, 0.3) is 5.91 Å². The molecule has 1 fully saturated rings. The van der Waals surface area contributed by atoms with Gasteiger partial charge in [0.1, 0.15) is 0 Å². The molecule has 1 atom stereocenters. The molecule has 2 heterocycles. The van der Waals surface area contributed by atoms with Gasteiger partial charge in [-0.15, -0.1) is 0 Å². The summed E-state index contributed by atoms with van der Waals surface area (Å²) >= 11 is 0. The number of benzene rings is 1. The van der Waals surface area contributed by atoms with Gasteiger partial charge in [-0.25, -0.2) is 0 Å². The first kappa shape index (κ1) is 12.1. The van der Waals surface area contributed by atoms with Gasteiger partial charge in [-0.3, -0.25) is 9.89 Å². The quantitative estimate of drug-likeness (QED) is 0.740. The van der Waals surface area contributed by atoms with Crippen molar-refractivity contribution in [1.82, 2.24) is 20.8 Å². The number of rotatable bonds is 3. The summed E-state index contributed by atoms with van der Waals surface area (Å²) in [6.07, 6.45) is 0. The summed E-state index contributed by atoms with van der Waals surface area (Å²) in [7, 11) is 0. The Balaban J connectivity index is 1.66. The van der Waals surface area contributed by atoms with Crippen LogP contribution >= 0.6 is 0 Å². The number of nitrogens with zero attached hydrogens (tertiary/aromatic N) is 1. The Morgan fingerprint density at radius 3 is 3.21 bits per heavy atom. The minimum absolute atomic E-state index is 0.162. The van der Waals surface area contributed by atoms with E-state index in [1.807, 2.05) is 24.3 Å². The number of morpholine rings is 1. The van der Waals surface area contributed by atoms with Crippen LogP contribution in [0.3, 0.4) is 0 Å². The fraction of sp³-hybridized carbons (Fsp3) is 0.385. The average molecular weight is 260 g/mol. The van der Waals surface area contributed by atoms with E-state index in [9.17, 15) is 4.79 Å². The van der Waals surface area contributed by atoms with Crippen LogP contribution in [0.25, 0.3) is 10.9 Å². The molecule has 1 aromatic heterocycles. The van der Waals surface area contributed by atoms with Crippen molar-refractivity contribution < 1.29 is 9.53 Å². The number of aromatic nitrogens is 2. The highest BCUT2D eigenvalue weighted by Crippen LogP contribution is 2.14. The van der Waals surface area contributed by atoms with Gasteiger partial charge in [-0.05, 0) is 6.07 Å². The highest BCUT2D eigenvalue weighted by atomic mass is 16.5. The predicted octanol–water partition coefficient (Wildman–Crippen LogP) is 0.281. The predicted molar refractivity (Wildman–Crippen MR) is 71.0 cm³/mol. The molecule has 1 unspecified atom stereocenters. The van der Waals surface area contributed by atoms with Crippen LogP contribution in [0.5, 0.6) is 0 Å². The third-order valence-electron chi connectivity index (χ3n) is 3.19. The fourth-order valence-electron chi connectivity index (χ4n) is 2.19. The number of nitrogens with one attached hydrogen (secondary N) is 3. The first-order valence-corrected chi connectivity index (χ1v) is 6.37. The summed E-state index contributed by atoms with van der Waals surface area (Å²) in [6.45, 7) is 2.72. The first-order valence-electron chi connectivity index (χ1n) is 6.37. The molecular formula is C13H16N4O2. The molecule has 100 valence electrons. The van der Waals surface area contributed by atoms with Gasteiger partial charge in [-0.1, -0.05) is 18.2 Å². The maximum absolute atomic E-state index is 12.1. The van der Waals surface area contributed by atoms with E-state index in [4.69, 9.17) is 4.74 Å². The van der Waals surface area contributed by atoms with Crippen molar-refractivity contribution in [1.29, 1.82) is 0 Å². The number of aromatic amines is 1. The van der Waals surface area contributed by atoms with Gasteiger partial charge in [0.15, 0.2) is 5.69 Å². The lowest BCUT2D eigenvalue weighted by atomic mass is 10.2. The molecule has 0 bridgehead atoms. The molecule has 2 aromatic rings. The summed E-state index contributed by atoms with van der Waals surface area (Å²) in [5, 5.41) is 13.9. The van der Waals surface area contributed by atoms with Gasteiger partial charge < -0.3 is 15.4 Å². The van der Waals surface area contributed by atoms with Crippen molar-refractivity contribution in [3.8, 4) is 0 Å². The Kier molecular flexibility index (Phi) is 3.43. The maximum atomic E-state index is 12.1. The van der Waals surface area contributed by atoms with E-state index in [0.29, 0.717) is 18.8 Å². The number of amides is 1. The summed E-state index contributed by atoms with van der Waals surface area (Å²) in [4.78, 5) is 12.1. The Labute approximate surface area is 110 Å². The molecule has 0 saturated carbocycles. The number of para-hydroxylation sites is 1. The second-order valence-corrected chi connectivity index (χ2v) is 4.55. The number of carbonyl (C=O) groups is 1. The molecular weight excluding hydrogens is 244 g/mol. The number of carbonyl (C=O) groups excluding carboxylic acids is 1. The van der Waals surface area contributed by atoms with Crippen LogP contribution in [0, 0.1) is 0 Å². The van der Waals surface area contributed by atoms with Crippen LogP contribution in [-0.2, 0) is 4.74 Å². The molecule has 0 aliphatic carbocycles. The van der Waals surface area contributed by atoms with Crippen LogP contribution in [0.15, 0.2) is 24.3 Å². The molecule has 3 rings (SSSR count). The molecule has 0 spiro atoms. The number of hydrogen-bond acceptors (Lipinski definition) is 4. The van der Waals surface area contributed by atoms with Crippen LogP contribution < -0.4 is 10.6 Å². The van der Waals surface area contributed by atoms with Crippen molar-refractivity contribution in [2.75, 3.05) is 26.3 Å². The number of H-pyrrole nitrogens is 1. The fourth-order valence-corrected chi connectivity index (χ4v) is 2.19. The minimum Gasteiger partial charge on any atom is -0.378 e. The molecule has 1 aliphatic rings. The average Bonchev–Trinajstić information content (AvgIpc) is 2.90. The van der Waals surface area contributed by atoms with E-state index >= 15 is 0 Å². The Morgan fingerprint density at radius 1 is 1.47 bits per heavy atom. The van der Waals surface area contributed by atoms with Crippen molar-refractivity contribution >= 4 is 16.8 Å². The second-order valence-electron chi connectivity index (χ2n) is 4.55. The molecule has 6 heteroatoms. The Hall–Kier alpha value is -1.92. The van der Waals surface area contributed by atoms with Gasteiger partial charge in [0.2, 0.25) is 0 Å². The van der Waals surface area contributed by atoms with Crippen LogP contribution in [0.1, 0.15) is 10.5 Å². The molecule has 3 N–H and O–H groups in total. The van der Waals surface area contributed by atoms with E-state index in [1.54, 1.807) is 0 Å². The lowest BCUT2D eigenvalue weighted by Crippen LogP contribution is -2.48. The van der Waals surface area contributed by atoms with E-state index in [0.717, 1.165) is 24.1 Å². The van der Waals surface area contributed by atoms with E-state index in [2.05, 4.69) is 20.8 Å². The van der Waals surface area contributed by atoms with Crippen LogP contribution in [0.2, 0.25) is 0 Å². The Morgan fingerprint density at radius 2 is 2.37 bits per heavy atom. The van der Waals surface area contributed by atoms with Crippen LogP contribution in [-0.4, -0.2) is 48.4 Å². The second kappa shape index (κ2) is 5.38. The first-order chi connectivity index (χ1) is 9.34. The number of ether oxygens (including phenoxy) is 1. The van der Waals surface area contributed by atoms with E-state index in [1.165, 1.54) is 0 Å². The molecule has 1 amide bonds. The molecule has 0 radical (unpaired) electrons. The van der Waals surface area contributed by atoms with Crippen molar-refractivity contribution in [3.63, 3.8) is 0 Å². The minimum atomic E-state index is -0.162. The van der Waals surface area contributed by atoms with Crippen molar-refractivity contribution in [2.24, 2.45) is 0 Å². The monoisotopic (exact) mass is 260 g/mol. The lowest BCUT2D eigenvalue weighted by Gasteiger charge is -2.23. The smallest absolute Gasteiger partial charge is 0.272 e. The SMILES string of the molecule is O=C(NCC1COCCN1)c1n[nH]c2ccccc12. The van der Waals surface area contributed by atoms with Crippen molar-refractivity contribution in [3.05, 3.63) is 30.0 Å². The summed E-state index contributed by atoms with van der Waals surface area (Å²) < 4.78 is 5.34. The third-order valence-corrected chi connectivity index (χ3v) is 3.19. The zero-order valence-corrected chi connectivity index (χ0v) is 10.5. The topological polar surface area (TPSA) is 79.0 Å². The standard InChI is InChI=1S/C13H16N4O2/c18-13(15-7-9-8-19-6-5-14-9)12-10-3-1-2-4-11(10)16-17-12/h1-4,9,14H,5-8H2,(H,15,18)(H,16,17). The summed E-state index contributed by atoms with van der Waals surface area (Å²) in [6, 6.07) is 7.75. The largest absolute Gasteiger partial charge is 0.378 e. The maximum Gasteiger partial charge on any atom is 0.272 e. The summed E-state index contributed by atoms with van der Waals surface area (Å²) in [5.41, 5.74) is 1.30. The Bertz CT molecular complexity index is 575. The van der Waals surface area contributed by atoms with E-state index < -0.39 is 0 Å². The lowest BCUT2D eigenvalue weighted by molar-refractivity contribution is 0.0734. The van der Waals surface area contributed by atoms with Gasteiger partial charge in [-0.2, -0.15) is 5.10 Å². The van der Waals surface area contributed by atoms with Crippen molar-refractivity contribution in [2.45, 2.75) is 6.04 Å². The number of fused-ring (bicyclic) bond motifs is 1. The van der Waals surface area contributed by atoms with E-state index in [-0.39, 0.29) is 11.9 Å². The highest BCUT2D eigenvalue weighted by molar-refractivity contribution is 6.04. The number of hydrogen-bond donors (Lipinski definition) is 3. The molecule has 19 heavy (non-hydrogen) atoms. The normalized spacial score (nSPS) is 19.5. The van der Waals surface area contributed by atoms with Crippen LogP contribution in [0.4, 0.5) is 0 Å². The van der Waals surface area contributed by atoms with Gasteiger partial charge in [0, 0.05) is 24.5 Å².